The molecule has 0 amide bonds. The summed E-state index contributed by atoms with van der Waals surface area (Å²) in [6, 6.07) is 0. The second-order valence-corrected chi connectivity index (χ2v) is 11.5. The largest absolute Gasteiger partial charge is 0.458 e. The molecule has 0 unspecified atom stereocenters. The SMILES string of the molecule is C=C/C(C)=C\C[C@@]1(C)[C@H](C)[C@@H](OC(=O)CCC)[C@H](OC(C)=O)[C@@]23C(=C[C@H](OC)C[C@@H]12)[C@@H](OC(C)=O)O[C@H]3OC(C)=O. The van der Waals surface area contributed by atoms with Gasteiger partial charge in [-0.25, -0.2) is 0 Å². The maximum Gasteiger partial charge on any atom is 0.306 e. The van der Waals surface area contributed by atoms with Crippen LogP contribution in [0.4, 0.5) is 0 Å². The number of carbonyl (C=O) groups is 4. The molecule has 2 aliphatic carbocycles. The average Bonchev–Trinajstić information content (AvgIpc) is 3.18. The van der Waals surface area contributed by atoms with Crippen LogP contribution in [-0.4, -0.2) is 61.9 Å². The molecule has 2 fully saturated rings. The van der Waals surface area contributed by atoms with E-state index in [1.807, 2.05) is 20.8 Å². The Hall–Kier alpha value is -2.98. The third kappa shape index (κ3) is 6.14. The minimum absolute atomic E-state index is 0.174. The van der Waals surface area contributed by atoms with Crippen LogP contribution in [0.5, 0.6) is 0 Å². The lowest BCUT2D eigenvalue weighted by Gasteiger charge is -2.62. The molecule has 1 spiro atoms. The molecular formula is C31H44O10. The summed E-state index contributed by atoms with van der Waals surface area (Å²) >= 11 is 0. The van der Waals surface area contributed by atoms with Crippen LogP contribution in [0.3, 0.4) is 0 Å². The molecule has 0 aromatic rings. The van der Waals surface area contributed by atoms with Crippen LogP contribution < -0.4 is 0 Å². The van der Waals surface area contributed by atoms with Crippen molar-refractivity contribution in [1.29, 1.82) is 0 Å². The van der Waals surface area contributed by atoms with Crippen LogP contribution >= 0.6 is 0 Å². The lowest BCUT2D eigenvalue weighted by Crippen LogP contribution is -2.69. The van der Waals surface area contributed by atoms with Crippen molar-refractivity contribution >= 4 is 23.9 Å². The van der Waals surface area contributed by atoms with Gasteiger partial charge in [-0.1, -0.05) is 45.1 Å². The van der Waals surface area contributed by atoms with Crippen molar-refractivity contribution in [2.45, 2.75) is 105 Å². The van der Waals surface area contributed by atoms with Gasteiger partial charge in [-0.2, -0.15) is 0 Å². The molecule has 3 aliphatic rings. The number of hydrogen-bond acceptors (Lipinski definition) is 10. The molecular weight excluding hydrogens is 532 g/mol. The Labute approximate surface area is 242 Å². The van der Waals surface area contributed by atoms with E-state index in [9.17, 15) is 19.2 Å². The Balaban J connectivity index is 2.41. The number of carbonyl (C=O) groups excluding carboxylic acids is 4. The number of esters is 4. The quantitative estimate of drug-likeness (QED) is 0.158. The zero-order chi connectivity index (χ0) is 30.7. The lowest BCUT2D eigenvalue weighted by molar-refractivity contribution is -0.279. The first-order chi connectivity index (χ1) is 19.3. The summed E-state index contributed by atoms with van der Waals surface area (Å²) in [5.74, 6) is -3.03. The average molecular weight is 577 g/mol. The highest BCUT2D eigenvalue weighted by molar-refractivity contribution is 5.70. The van der Waals surface area contributed by atoms with Gasteiger partial charge in [0.1, 0.15) is 11.5 Å². The molecule has 1 saturated carbocycles. The Bertz CT molecular complexity index is 1110. The van der Waals surface area contributed by atoms with Gasteiger partial charge in [0.25, 0.3) is 0 Å². The topological polar surface area (TPSA) is 124 Å². The zero-order valence-electron chi connectivity index (χ0n) is 25.4. The van der Waals surface area contributed by atoms with Crippen LogP contribution in [0.2, 0.25) is 0 Å². The maximum atomic E-state index is 13.0. The molecule has 1 saturated heterocycles. The van der Waals surface area contributed by atoms with Crippen molar-refractivity contribution < 1.29 is 47.6 Å². The monoisotopic (exact) mass is 576 g/mol. The minimum Gasteiger partial charge on any atom is -0.458 e. The van der Waals surface area contributed by atoms with Crippen molar-refractivity contribution in [1.82, 2.24) is 0 Å². The predicted molar refractivity (Wildman–Crippen MR) is 148 cm³/mol. The van der Waals surface area contributed by atoms with Crippen molar-refractivity contribution in [2.24, 2.45) is 22.7 Å². The summed E-state index contributed by atoms with van der Waals surface area (Å²) < 4.78 is 35.6. The first kappa shape index (κ1) is 32.5. The molecule has 0 bridgehead atoms. The van der Waals surface area contributed by atoms with Crippen LogP contribution in [0.25, 0.3) is 0 Å². The van der Waals surface area contributed by atoms with Gasteiger partial charge in [-0.15, -0.1) is 0 Å². The number of methoxy groups -OCH3 is 1. The zero-order valence-corrected chi connectivity index (χ0v) is 25.4. The van der Waals surface area contributed by atoms with Crippen molar-refractivity contribution in [3.63, 3.8) is 0 Å². The summed E-state index contributed by atoms with van der Waals surface area (Å²) in [6.45, 7) is 15.5. The van der Waals surface area contributed by atoms with E-state index in [4.69, 9.17) is 28.4 Å². The molecule has 3 rings (SSSR count). The Morgan fingerprint density at radius 3 is 2.22 bits per heavy atom. The molecule has 1 heterocycles. The number of allylic oxidation sites excluding steroid dienone is 3. The normalized spacial score (nSPS) is 36.2. The summed E-state index contributed by atoms with van der Waals surface area (Å²) in [5.41, 5.74) is -0.587. The standard InChI is InChI=1S/C31H44O10/c1-10-12-25(35)40-26-18(4)30(8,14-13-17(3)11-2)24-16-22(36-9)15-23-28(38-20(6)33)41-29(39-21(7)34)31(23,24)27(26)37-19(5)32/h11,13,15,18,22,24,26-29H,2,10,12,14,16H2,1,3-9H3/b17-13-/t18-,22+,24+,26-,27+,28+,29-,30+,31-/m1/s1. The van der Waals surface area contributed by atoms with Crippen LogP contribution in [0, 0.1) is 22.7 Å². The van der Waals surface area contributed by atoms with Gasteiger partial charge in [-0.3, -0.25) is 23.9 Å². The van der Waals surface area contributed by atoms with Gasteiger partial charge in [0.2, 0.25) is 12.6 Å². The van der Waals surface area contributed by atoms with Gasteiger partial charge >= 0.3 is 23.9 Å². The van der Waals surface area contributed by atoms with E-state index in [1.165, 1.54) is 20.8 Å². The summed E-state index contributed by atoms with van der Waals surface area (Å²) in [5, 5.41) is 0. The second-order valence-electron chi connectivity index (χ2n) is 11.5. The highest BCUT2D eigenvalue weighted by atomic mass is 16.8. The fourth-order valence-corrected chi connectivity index (χ4v) is 6.86. The van der Waals surface area contributed by atoms with Gasteiger partial charge in [0.05, 0.1) is 6.10 Å². The Kier molecular flexibility index (Phi) is 10.2. The van der Waals surface area contributed by atoms with Crippen molar-refractivity contribution in [3.8, 4) is 0 Å². The Morgan fingerprint density at radius 1 is 1.05 bits per heavy atom. The van der Waals surface area contributed by atoms with E-state index >= 15 is 0 Å². The van der Waals surface area contributed by atoms with E-state index in [1.54, 1.807) is 19.3 Å². The fourth-order valence-electron chi connectivity index (χ4n) is 6.86. The van der Waals surface area contributed by atoms with Crippen LogP contribution in [0.1, 0.15) is 74.1 Å². The molecule has 9 atom stereocenters. The molecule has 10 nitrogen and oxygen atoms in total. The third-order valence-electron chi connectivity index (χ3n) is 8.95. The van der Waals surface area contributed by atoms with Gasteiger partial charge < -0.3 is 23.7 Å². The molecule has 1 aliphatic heterocycles. The second kappa shape index (κ2) is 12.9. The van der Waals surface area contributed by atoms with E-state index in [2.05, 4.69) is 19.6 Å². The van der Waals surface area contributed by atoms with E-state index in [0.29, 0.717) is 24.8 Å². The van der Waals surface area contributed by atoms with Gasteiger partial charge in [-0.05, 0) is 43.6 Å². The van der Waals surface area contributed by atoms with E-state index < -0.39 is 71.5 Å². The predicted octanol–water partition coefficient (Wildman–Crippen LogP) is 4.56. The summed E-state index contributed by atoms with van der Waals surface area (Å²) in [6.07, 6.45) is 2.31. The molecule has 41 heavy (non-hydrogen) atoms. The molecule has 0 aromatic carbocycles. The first-order valence-electron chi connectivity index (χ1n) is 14.2. The highest BCUT2D eigenvalue weighted by Gasteiger charge is 2.75. The van der Waals surface area contributed by atoms with E-state index in [-0.39, 0.29) is 12.3 Å². The third-order valence-corrected chi connectivity index (χ3v) is 8.95. The van der Waals surface area contributed by atoms with Crippen molar-refractivity contribution in [3.05, 3.63) is 36.0 Å². The summed E-state index contributed by atoms with van der Waals surface area (Å²) in [4.78, 5) is 50.4. The maximum absolute atomic E-state index is 13.0. The number of hydrogen-bond donors (Lipinski definition) is 0. The molecule has 0 N–H and O–H groups in total. The summed E-state index contributed by atoms with van der Waals surface area (Å²) in [7, 11) is 1.58. The number of rotatable bonds is 10. The van der Waals surface area contributed by atoms with Gasteiger partial charge in [0.15, 0.2) is 6.10 Å². The molecule has 0 radical (unpaired) electrons. The number of ether oxygens (including phenoxy) is 6. The van der Waals surface area contributed by atoms with Crippen LogP contribution in [0.15, 0.2) is 36.0 Å². The van der Waals surface area contributed by atoms with Crippen LogP contribution in [-0.2, 0) is 47.6 Å². The fraction of sp³-hybridized carbons (Fsp3) is 0.677. The first-order valence-corrected chi connectivity index (χ1v) is 14.2. The van der Waals surface area contributed by atoms with Gasteiger partial charge in [0, 0.05) is 45.8 Å². The molecule has 10 heteroatoms. The Morgan fingerprint density at radius 2 is 1.68 bits per heavy atom. The van der Waals surface area contributed by atoms with Crippen molar-refractivity contribution in [2.75, 3.05) is 7.11 Å². The lowest BCUT2D eigenvalue weighted by atomic mass is 9.44. The molecule has 228 valence electrons. The minimum atomic E-state index is -1.36. The van der Waals surface area contributed by atoms with E-state index in [0.717, 1.165) is 5.57 Å². The highest BCUT2D eigenvalue weighted by Crippen LogP contribution is 2.68. The smallest absolute Gasteiger partial charge is 0.306 e. The molecule has 0 aromatic heterocycles.